The van der Waals surface area contributed by atoms with Crippen molar-refractivity contribution < 1.29 is 19.7 Å². The minimum absolute atomic E-state index is 0.0430. The van der Waals surface area contributed by atoms with E-state index in [1.165, 1.54) is 0 Å². The van der Waals surface area contributed by atoms with Gasteiger partial charge in [0.25, 0.3) is 0 Å². The van der Waals surface area contributed by atoms with Crippen molar-refractivity contribution in [2.75, 3.05) is 27.2 Å². The lowest BCUT2D eigenvalue weighted by Crippen LogP contribution is -2.47. The van der Waals surface area contributed by atoms with Crippen LogP contribution in [-0.4, -0.2) is 58.4 Å². The van der Waals surface area contributed by atoms with Crippen LogP contribution in [0.4, 0.5) is 5.95 Å². The summed E-state index contributed by atoms with van der Waals surface area (Å²) in [4.78, 5) is 23.5. The van der Waals surface area contributed by atoms with Crippen molar-refractivity contribution in [3.05, 3.63) is 11.6 Å². The third-order valence-corrected chi connectivity index (χ3v) is 2.37. The lowest BCUT2D eigenvalue weighted by atomic mass is 10.4. The Balaban J connectivity index is 3.02. The van der Waals surface area contributed by atoms with Gasteiger partial charge in [-0.1, -0.05) is 0 Å². The van der Waals surface area contributed by atoms with Gasteiger partial charge in [-0.25, -0.2) is 9.78 Å². The molecule has 19 heavy (non-hydrogen) atoms. The van der Waals surface area contributed by atoms with Gasteiger partial charge in [0, 0.05) is 0 Å². The van der Waals surface area contributed by atoms with Gasteiger partial charge >= 0.3 is 11.9 Å². The number of nitrogens with zero attached hydrogens (tertiary/aromatic N) is 4. The van der Waals surface area contributed by atoms with Crippen LogP contribution in [0.25, 0.3) is 0 Å². The van der Waals surface area contributed by atoms with Gasteiger partial charge in [-0.05, 0) is 6.92 Å². The zero-order chi connectivity index (χ0) is 14.5. The van der Waals surface area contributed by atoms with Gasteiger partial charge in [0.15, 0.2) is 18.2 Å². The molecule has 1 aromatic heterocycles. The quantitative estimate of drug-likeness (QED) is 0.504. The fraction of sp³-hybridized carbons (Fsp3) is 0.636. The molecular formula is C11H19N4O4+. The summed E-state index contributed by atoms with van der Waals surface area (Å²) in [6, 6.07) is 0. The van der Waals surface area contributed by atoms with Crippen molar-refractivity contribution in [1.29, 1.82) is 0 Å². The molecule has 1 heterocycles. The van der Waals surface area contributed by atoms with Gasteiger partial charge in [0.1, 0.15) is 13.2 Å². The number of rotatable bonds is 6. The number of carbonyl (C=O) groups is 1. The Morgan fingerprint density at radius 1 is 1.16 bits per heavy atom. The van der Waals surface area contributed by atoms with Gasteiger partial charge in [-0.15, -0.1) is 0 Å². The Morgan fingerprint density at radius 3 is 2.11 bits per heavy atom. The smallest absolute Gasteiger partial charge is 0.362 e. The first-order valence-corrected chi connectivity index (χ1v) is 5.87. The van der Waals surface area contributed by atoms with Gasteiger partial charge in [0.2, 0.25) is 0 Å². The van der Waals surface area contributed by atoms with E-state index in [0.29, 0.717) is 6.61 Å². The average molecular weight is 271 g/mol. The summed E-state index contributed by atoms with van der Waals surface area (Å²) in [5.41, 5.74) is 0. The summed E-state index contributed by atoms with van der Waals surface area (Å²) in [6.45, 7) is 1.37. The second-order valence-corrected chi connectivity index (χ2v) is 4.43. The minimum Gasteiger partial charge on any atom is -0.462 e. The summed E-state index contributed by atoms with van der Waals surface area (Å²) < 4.78 is 4.93. The maximum absolute atomic E-state index is 11.5. The van der Waals surface area contributed by atoms with E-state index in [1.807, 2.05) is 0 Å². The van der Waals surface area contributed by atoms with E-state index in [-0.39, 0.29) is 47.8 Å². The fourth-order valence-electron chi connectivity index (χ4n) is 1.47. The highest BCUT2D eigenvalue weighted by Gasteiger charge is 2.28. The second-order valence-electron chi connectivity index (χ2n) is 4.43. The maximum Gasteiger partial charge on any atom is 0.362 e. The number of aromatic nitrogens is 3. The monoisotopic (exact) mass is 271 g/mol. The van der Waals surface area contributed by atoms with E-state index in [0.717, 1.165) is 0 Å². The molecule has 8 nitrogen and oxygen atoms in total. The van der Waals surface area contributed by atoms with Gasteiger partial charge in [0.05, 0.1) is 20.7 Å². The van der Waals surface area contributed by atoms with Crippen LogP contribution in [0.5, 0.6) is 0 Å². The number of hydrogen-bond acceptors (Lipinski definition) is 7. The first-order chi connectivity index (χ1) is 8.92. The predicted molar refractivity (Wildman–Crippen MR) is 66.8 cm³/mol. The number of likely N-dealkylation sites (N-methyl/N-ethyl adjacent to an activating group) is 1. The van der Waals surface area contributed by atoms with Crippen LogP contribution in [-0.2, 0) is 22.7 Å². The molecule has 0 saturated heterocycles. The van der Waals surface area contributed by atoms with Gasteiger partial charge < -0.3 is 14.9 Å². The van der Waals surface area contributed by atoms with Crippen molar-refractivity contribution in [3.8, 4) is 0 Å². The Bertz CT molecular complexity index is 428. The highest BCUT2D eigenvalue weighted by atomic mass is 16.5. The zero-order valence-corrected chi connectivity index (χ0v) is 11.3. The number of ether oxygens (including phenoxy) is 1. The minimum atomic E-state index is -0.371. The zero-order valence-electron chi connectivity index (χ0n) is 11.3. The Hall–Kier alpha value is -1.64. The normalized spacial score (nSPS) is 11.4. The number of aliphatic hydroxyl groups is 2. The molecule has 0 amide bonds. The predicted octanol–water partition coefficient (Wildman–Crippen LogP) is -1.01. The van der Waals surface area contributed by atoms with E-state index < -0.39 is 0 Å². The largest absolute Gasteiger partial charge is 0.462 e. The molecule has 0 radical (unpaired) electrons. The lowest BCUT2D eigenvalue weighted by Gasteiger charge is -2.25. The SMILES string of the molecule is CCOC(=O)C[N+](C)(C)c1nc(CO)nc(CO)n1. The molecule has 0 aliphatic carbocycles. The van der Waals surface area contributed by atoms with Gasteiger partial charge in [-0.3, -0.25) is 4.48 Å². The molecule has 1 aromatic rings. The second kappa shape index (κ2) is 6.50. The summed E-state index contributed by atoms with van der Waals surface area (Å²) >= 11 is 0. The summed E-state index contributed by atoms with van der Waals surface area (Å²) in [5.74, 6) is 0.230. The van der Waals surface area contributed by atoms with E-state index in [4.69, 9.17) is 14.9 Å². The third-order valence-electron chi connectivity index (χ3n) is 2.37. The molecule has 0 fully saturated rings. The number of aliphatic hydroxyl groups excluding tert-OH is 2. The molecule has 0 aromatic carbocycles. The first kappa shape index (κ1) is 15.4. The third kappa shape index (κ3) is 4.19. The molecule has 0 saturated carbocycles. The molecule has 0 unspecified atom stereocenters. The molecule has 0 aliphatic heterocycles. The number of esters is 1. The van der Waals surface area contributed by atoms with Crippen LogP contribution in [0.2, 0.25) is 0 Å². The topological polar surface area (TPSA) is 105 Å². The van der Waals surface area contributed by atoms with Gasteiger partial charge in [-0.2, -0.15) is 9.97 Å². The van der Waals surface area contributed by atoms with Crippen molar-refractivity contribution in [2.45, 2.75) is 20.1 Å². The van der Waals surface area contributed by atoms with Crippen LogP contribution in [0.3, 0.4) is 0 Å². The average Bonchev–Trinajstić information content (AvgIpc) is 2.37. The molecule has 2 N–H and O–H groups in total. The fourth-order valence-corrected chi connectivity index (χ4v) is 1.47. The molecule has 0 aliphatic rings. The highest BCUT2D eigenvalue weighted by molar-refractivity contribution is 5.73. The van der Waals surface area contributed by atoms with Crippen molar-refractivity contribution in [3.63, 3.8) is 0 Å². The highest BCUT2D eigenvalue weighted by Crippen LogP contribution is 2.13. The lowest BCUT2D eigenvalue weighted by molar-refractivity contribution is -0.143. The van der Waals surface area contributed by atoms with Crippen LogP contribution < -0.4 is 4.48 Å². The van der Waals surface area contributed by atoms with Crippen LogP contribution in [0.15, 0.2) is 0 Å². The Morgan fingerprint density at radius 2 is 1.68 bits per heavy atom. The molecule has 1 rings (SSSR count). The van der Waals surface area contributed by atoms with Crippen LogP contribution in [0, 0.1) is 0 Å². The first-order valence-electron chi connectivity index (χ1n) is 5.87. The van der Waals surface area contributed by atoms with E-state index in [1.54, 1.807) is 21.0 Å². The summed E-state index contributed by atoms with van der Waals surface area (Å²) in [5, 5.41) is 18.2. The Kier molecular flexibility index (Phi) is 5.28. The summed E-state index contributed by atoms with van der Waals surface area (Å²) in [6.07, 6.45) is 0. The Labute approximate surface area is 111 Å². The molecule has 8 heteroatoms. The van der Waals surface area contributed by atoms with E-state index in [9.17, 15) is 4.79 Å². The van der Waals surface area contributed by atoms with Crippen molar-refractivity contribution in [2.24, 2.45) is 0 Å². The van der Waals surface area contributed by atoms with Crippen molar-refractivity contribution in [1.82, 2.24) is 19.4 Å². The molecule has 0 bridgehead atoms. The van der Waals surface area contributed by atoms with Crippen molar-refractivity contribution >= 4 is 11.9 Å². The van der Waals surface area contributed by atoms with E-state index >= 15 is 0 Å². The molecule has 0 atom stereocenters. The number of hydrogen-bond donors (Lipinski definition) is 2. The van der Waals surface area contributed by atoms with Crippen LogP contribution >= 0.6 is 0 Å². The summed E-state index contributed by atoms with van der Waals surface area (Å²) in [7, 11) is 3.46. The number of quaternary nitrogens is 1. The van der Waals surface area contributed by atoms with E-state index in [2.05, 4.69) is 15.0 Å². The molecule has 106 valence electrons. The molecular weight excluding hydrogens is 252 g/mol. The maximum atomic E-state index is 11.5. The number of carbonyl (C=O) groups excluding carboxylic acids is 1. The standard InChI is InChI=1S/C11H19N4O4/c1-4-19-10(18)5-15(2,3)11-13-8(6-16)12-9(7-17)14-11/h16-17H,4-7H2,1-3H3/q+1. The molecule has 0 spiro atoms. The van der Waals surface area contributed by atoms with Crippen LogP contribution in [0.1, 0.15) is 18.6 Å².